The Morgan fingerprint density at radius 1 is 1.26 bits per heavy atom. The van der Waals surface area contributed by atoms with Gasteiger partial charge in [0.25, 0.3) is 0 Å². The first-order chi connectivity index (χ1) is 9.35. The average molecular weight is 294 g/mol. The van der Waals surface area contributed by atoms with Gasteiger partial charge in [0.15, 0.2) is 0 Å². The molecule has 0 unspecified atom stereocenters. The van der Waals surface area contributed by atoms with Crippen LogP contribution < -0.4 is 4.74 Å². The molecule has 0 radical (unpaired) electrons. The molecule has 100 valence electrons. The molecular weight excluding hydrogens is 278 g/mol. The van der Waals surface area contributed by atoms with Crippen molar-refractivity contribution in [2.45, 2.75) is 31.6 Å². The Kier molecular flexibility index (Phi) is 4.04. The van der Waals surface area contributed by atoms with Crippen molar-refractivity contribution in [3.63, 3.8) is 0 Å². The average Bonchev–Trinajstić information content (AvgIpc) is 3.06. The second kappa shape index (κ2) is 5.93. The Morgan fingerprint density at radius 2 is 2.16 bits per heavy atom. The lowest BCUT2D eigenvalue weighted by Gasteiger charge is -2.07. The largest absolute Gasteiger partial charge is 0.493 e. The number of hydrogen-bond donors (Lipinski definition) is 0. The number of halogens is 1. The third-order valence-corrected chi connectivity index (χ3v) is 4.62. The zero-order valence-electron chi connectivity index (χ0n) is 10.7. The van der Waals surface area contributed by atoms with E-state index in [0.29, 0.717) is 12.5 Å². The molecule has 1 aliphatic rings. The summed E-state index contributed by atoms with van der Waals surface area (Å²) in [4.78, 5) is 4.42. The van der Waals surface area contributed by atoms with Crippen LogP contribution in [0.15, 0.2) is 23.6 Å². The lowest BCUT2D eigenvalue weighted by atomic mass is 10.1. The number of rotatable bonds is 5. The van der Waals surface area contributed by atoms with Crippen LogP contribution in [0.1, 0.15) is 28.2 Å². The molecule has 0 atom stereocenters. The number of fused-ring (bicyclic) bond motifs is 1. The van der Waals surface area contributed by atoms with Crippen molar-refractivity contribution >= 4 is 22.9 Å². The van der Waals surface area contributed by atoms with Crippen LogP contribution in [-0.2, 0) is 25.1 Å². The van der Waals surface area contributed by atoms with Crippen LogP contribution in [0.3, 0.4) is 0 Å². The van der Waals surface area contributed by atoms with Crippen molar-refractivity contribution in [1.29, 1.82) is 0 Å². The van der Waals surface area contributed by atoms with Crippen molar-refractivity contribution in [2.75, 3.05) is 6.61 Å². The first-order valence-electron chi connectivity index (χ1n) is 6.59. The van der Waals surface area contributed by atoms with Gasteiger partial charge in [-0.2, -0.15) is 0 Å². The SMILES string of the molecule is ClCc1csc(CCOc2ccc3c(c2)CCC3)n1. The number of thiazole rings is 1. The molecule has 0 amide bonds. The Bertz CT molecular complexity index is 567. The van der Waals surface area contributed by atoms with Gasteiger partial charge in [0.05, 0.1) is 23.2 Å². The van der Waals surface area contributed by atoms with Crippen LogP contribution in [-0.4, -0.2) is 11.6 Å². The number of aryl methyl sites for hydroxylation is 2. The zero-order valence-corrected chi connectivity index (χ0v) is 12.3. The van der Waals surface area contributed by atoms with Crippen LogP contribution >= 0.6 is 22.9 Å². The highest BCUT2D eigenvalue weighted by molar-refractivity contribution is 7.09. The minimum absolute atomic E-state index is 0.488. The maximum Gasteiger partial charge on any atom is 0.119 e. The normalized spacial score (nSPS) is 13.5. The zero-order chi connectivity index (χ0) is 13.1. The standard InChI is InChI=1S/C15H16ClNOS/c16-9-13-10-19-15(17-13)6-7-18-14-5-4-11-2-1-3-12(11)8-14/h4-5,8,10H,1-3,6-7,9H2. The van der Waals surface area contributed by atoms with E-state index in [1.165, 1.54) is 30.4 Å². The number of benzene rings is 1. The van der Waals surface area contributed by atoms with E-state index < -0.39 is 0 Å². The van der Waals surface area contributed by atoms with E-state index in [1.54, 1.807) is 11.3 Å². The Morgan fingerprint density at radius 3 is 3.00 bits per heavy atom. The molecule has 2 aromatic rings. The molecule has 0 aliphatic heterocycles. The summed E-state index contributed by atoms with van der Waals surface area (Å²) < 4.78 is 5.81. The van der Waals surface area contributed by atoms with E-state index in [0.717, 1.165) is 22.9 Å². The topological polar surface area (TPSA) is 22.1 Å². The number of aromatic nitrogens is 1. The highest BCUT2D eigenvalue weighted by atomic mass is 35.5. The summed E-state index contributed by atoms with van der Waals surface area (Å²) in [6, 6.07) is 6.47. The number of nitrogens with zero attached hydrogens (tertiary/aromatic N) is 1. The molecule has 0 saturated carbocycles. The van der Waals surface area contributed by atoms with Gasteiger partial charge >= 0.3 is 0 Å². The highest BCUT2D eigenvalue weighted by Gasteiger charge is 2.11. The van der Waals surface area contributed by atoms with Gasteiger partial charge < -0.3 is 4.74 Å². The molecule has 0 fully saturated rings. The number of hydrogen-bond acceptors (Lipinski definition) is 3. The van der Waals surface area contributed by atoms with E-state index in [2.05, 4.69) is 23.2 Å². The van der Waals surface area contributed by atoms with Gasteiger partial charge in [-0.15, -0.1) is 22.9 Å². The van der Waals surface area contributed by atoms with Gasteiger partial charge in [-0.3, -0.25) is 0 Å². The Labute approximate surface area is 122 Å². The van der Waals surface area contributed by atoms with E-state index in [-0.39, 0.29) is 0 Å². The molecular formula is C15H16ClNOS. The molecule has 3 rings (SSSR count). The quantitative estimate of drug-likeness (QED) is 0.778. The Balaban J connectivity index is 1.54. The summed E-state index contributed by atoms with van der Waals surface area (Å²) in [6.07, 6.45) is 4.53. The maximum atomic E-state index is 5.81. The second-order valence-corrected chi connectivity index (χ2v) is 5.96. The van der Waals surface area contributed by atoms with E-state index >= 15 is 0 Å². The molecule has 2 nitrogen and oxygen atoms in total. The van der Waals surface area contributed by atoms with Crippen molar-refractivity contribution in [2.24, 2.45) is 0 Å². The smallest absolute Gasteiger partial charge is 0.119 e. The first-order valence-corrected chi connectivity index (χ1v) is 8.00. The van der Waals surface area contributed by atoms with Gasteiger partial charge in [0.2, 0.25) is 0 Å². The molecule has 0 spiro atoms. The van der Waals surface area contributed by atoms with Crippen LogP contribution in [0.2, 0.25) is 0 Å². The third-order valence-electron chi connectivity index (χ3n) is 3.39. The van der Waals surface area contributed by atoms with Gasteiger partial charge in [0.1, 0.15) is 5.75 Å². The van der Waals surface area contributed by atoms with Gasteiger partial charge in [0, 0.05) is 11.8 Å². The number of alkyl halides is 1. The lowest BCUT2D eigenvalue weighted by molar-refractivity contribution is 0.321. The number of ether oxygens (including phenoxy) is 1. The predicted octanol–water partition coefficient (Wildman–Crippen LogP) is 3.99. The predicted molar refractivity (Wildman–Crippen MR) is 79.3 cm³/mol. The molecule has 1 heterocycles. The maximum absolute atomic E-state index is 5.81. The Hall–Kier alpha value is -1.06. The van der Waals surface area contributed by atoms with E-state index in [1.807, 2.05) is 5.38 Å². The van der Waals surface area contributed by atoms with Crippen molar-refractivity contribution in [1.82, 2.24) is 4.98 Å². The summed E-state index contributed by atoms with van der Waals surface area (Å²) >= 11 is 7.39. The minimum atomic E-state index is 0.488. The molecule has 0 saturated heterocycles. The molecule has 1 aromatic heterocycles. The van der Waals surface area contributed by atoms with Crippen molar-refractivity contribution in [3.8, 4) is 5.75 Å². The lowest BCUT2D eigenvalue weighted by Crippen LogP contribution is -2.01. The third kappa shape index (κ3) is 3.10. The van der Waals surface area contributed by atoms with Crippen LogP contribution in [0, 0.1) is 0 Å². The van der Waals surface area contributed by atoms with Crippen molar-refractivity contribution in [3.05, 3.63) is 45.4 Å². The van der Waals surface area contributed by atoms with Gasteiger partial charge in [-0.05, 0) is 42.5 Å². The van der Waals surface area contributed by atoms with Crippen LogP contribution in [0.5, 0.6) is 5.75 Å². The fourth-order valence-corrected chi connectivity index (χ4v) is 3.43. The van der Waals surface area contributed by atoms with E-state index in [9.17, 15) is 0 Å². The molecule has 0 N–H and O–H groups in total. The molecule has 19 heavy (non-hydrogen) atoms. The van der Waals surface area contributed by atoms with Gasteiger partial charge in [-0.1, -0.05) is 6.07 Å². The molecule has 1 aromatic carbocycles. The molecule has 4 heteroatoms. The summed E-state index contributed by atoms with van der Waals surface area (Å²) in [7, 11) is 0. The second-order valence-electron chi connectivity index (χ2n) is 4.75. The highest BCUT2D eigenvalue weighted by Crippen LogP contribution is 2.26. The molecule has 0 bridgehead atoms. The molecule has 1 aliphatic carbocycles. The van der Waals surface area contributed by atoms with Crippen molar-refractivity contribution < 1.29 is 4.74 Å². The summed E-state index contributed by atoms with van der Waals surface area (Å²) in [6.45, 7) is 0.675. The monoisotopic (exact) mass is 293 g/mol. The van der Waals surface area contributed by atoms with Crippen LogP contribution in [0.25, 0.3) is 0 Å². The van der Waals surface area contributed by atoms with E-state index in [4.69, 9.17) is 16.3 Å². The summed E-state index contributed by atoms with van der Waals surface area (Å²) in [5.41, 5.74) is 3.90. The summed E-state index contributed by atoms with van der Waals surface area (Å²) in [5.74, 6) is 1.47. The summed E-state index contributed by atoms with van der Waals surface area (Å²) in [5, 5.41) is 3.11. The van der Waals surface area contributed by atoms with Crippen LogP contribution in [0.4, 0.5) is 0 Å². The van der Waals surface area contributed by atoms with Gasteiger partial charge in [-0.25, -0.2) is 4.98 Å². The first kappa shape index (κ1) is 12.9. The fraction of sp³-hybridized carbons (Fsp3) is 0.400. The minimum Gasteiger partial charge on any atom is -0.493 e. The fourth-order valence-electron chi connectivity index (χ4n) is 2.42.